The predicted octanol–water partition coefficient (Wildman–Crippen LogP) is 3.96. The lowest BCUT2D eigenvalue weighted by atomic mass is 9.94. The van der Waals surface area contributed by atoms with Gasteiger partial charge in [-0.3, -0.25) is 28.8 Å². The number of fused-ring (bicyclic) bond motifs is 5. The van der Waals surface area contributed by atoms with E-state index >= 15 is 0 Å². The first-order chi connectivity index (χ1) is 30.5. The molecule has 0 radical (unpaired) electrons. The molecule has 1 fully saturated rings. The molecule has 17 nitrogen and oxygen atoms in total. The summed E-state index contributed by atoms with van der Waals surface area (Å²) in [5, 5.41) is 51.9. The maximum atomic E-state index is 13.9. The minimum atomic E-state index is -1.46. The monoisotopic (exact) mass is 892 g/mol. The van der Waals surface area contributed by atoms with Crippen molar-refractivity contribution in [2.75, 3.05) is 20.1 Å². The Hall–Kier alpha value is -5.71. The molecule has 2 aliphatic rings. The number of β-amino-alcohol motifs (C(OH)–C–C–N with tert-alkyl or cyclic N) is 1. The Morgan fingerprint density at radius 2 is 1.41 bits per heavy atom. The van der Waals surface area contributed by atoms with Crippen LogP contribution in [0.25, 0.3) is 11.1 Å². The third-order valence-electron chi connectivity index (χ3n) is 12.1. The van der Waals surface area contributed by atoms with Crippen molar-refractivity contribution in [2.45, 2.75) is 160 Å². The summed E-state index contributed by atoms with van der Waals surface area (Å²) >= 11 is 0. The van der Waals surface area contributed by atoms with Crippen molar-refractivity contribution >= 4 is 41.4 Å². The van der Waals surface area contributed by atoms with E-state index in [1.165, 1.54) is 120 Å². The van der Waals surface area contributed by atoms with Crippen molar-refractivity contribution in [1.82, 2.24) is 31.1 Å². The summed E-state index contributed by atoms with van der Waals surface area (Å²) in [7, 11) is 1.29. The Bertz CT molecular complexity index is 1960. The van der Waals surface area contributed by atoms with Gasteiger partial charge in [0.2, 0.25) is 35.4 Å². The zero-order valence-corrected chi connectivity index (χ0v) is 37.7. The number of benzene rings is 2. The van der Waals surface area contributed by atoms with E-state index in [1.54, 1.807) is 0 Å². The van der Waals surface area contributed by atoms with Crippen LogP contribution in [0.3, 0.4) is 0 Å². The van der Waals surface area contributed by atoms with Gasteiger partial charge in [-0.1, -0.05) is 96.1 Å². The summed E-state index contributed by atoms with van der Waals surface area (Å²) in [4.78, 5) is 94.9. The van der Waals surface area contributed by atoms with Crippen LogP contribution in [-0.2, 0) is 40.0 Å². The lowest BCUT2D eigenvalue weighted by Crippen LogP contribution is -2.54. The molecule has 6 atom stereocenters. The third-order valence-corrected chi connectivity index (χ3v) is 12.1. The number of hydrogen-bond donors (Lipinski definition) is 8. The van der Waals surface area contributed by atoms with Crippen LogP contribution >= 0.6 is 0 Å². The summed E-state index contributed by atoms with van der Waals surface area (Å²) in [5.41, 5.74) is 0.751. The maximum absolute atomic E-state index is 13.9. The number of carboxylic acid groups (broad SMARTS) is 1. The molecule has 64 heavy (non-hydrogen) atoms. The van der Waals surface area contributed by atoms with Gasteiger partial charge < -0.3 is 51.5 Å². The minimum absolute atomic E-state index is 0.00784. The molecule has 17 heteroatoms. The second-order valence-corrected chi connectivity index (χ2v) is 17.3. The highest BCUT2D eigenvalue weighted by atomic mass is 16.4. The first-order valence-electron chi connectivity index (χ1n) is 22.8. The quantitative estimate of drug-likeness (QED) is 0.0833. The molecule has 352 valence electrons. The number of aliphatic hydroxyl groups is 1. The highest BCUT2D eigenvalue weighted by Crippen LogP contribution is 2.38. The van der Waals surface area contributed by atoms with Gasteiger partial charge in [-0.25, -0.2) is 4.79 Å². The average Bonchev–Trinajstić information content (AvgIpc) is 3.66. The number of hydrogen-bond acceptors (Lipinski definition) is 10. The van der Waals surface area contributed by atoms with E-state index in [4.69, 9.17) is 0 Å². The second-order valence-electron chi connectivity index (χ2n) is 17.3. The fourth-order valence-electron chi connectivity index (χ4n) is 8.24. The summed E-state index contributed by atoms with van der Waals surface area (Å²) in [6.07, 6.45) is 14.4. The summed E-state index contributed by atoms with van der Waals surface area (Å²) in [5.74, 6) is -5.93. The lowest BCUT2D eigenvalue weighted by Gasteiger charge is -2.30. The first-order valence-corrected chi connectivity index (χ1v) is 22.8. The molecular weight excluding hydrogens is 825 g/mol. The Kier molecular flexibility index (Phi) is 19.9. The highest BCUT2D eigenvalue weighted by molar-refractivity contribution is 5.96. The summed E-state index contributed by atoms with van der Waals surface area (Å²) < 4.78 is 0. The molecule has 0 saturated carbocycles. The van der Waals surface area contributed by atoms with Gasteiger partial charge in [0, 0.05) is 44.0 Å². The molecule has 2 aromatic rings. The normalized spacial score (nSPS) is 20.3. The largest absolute Gasteiger partial charge is 0.507 e. The number of carboxylic acids is 1. The van der Waals surface area contributed by atoms with Crippen LogP contribution < -0.4 is 21.3 Å². The molecule has 1 saturated heterocycles. The van der Waals surface area contributed by atoms with Crippen molar-refractivity contribution in [3.8, 4) is 22.6 Å². The second kappa shape index (κ2) is 25.0. The van der Waals surface area contributed by atoms with Crippen LogP contribution in [0, 0.1) is 0 Å². The number of likely N-dealkylation sites (tertiary alicyclic amines) is 1. The molecule has 2 aliphatic heterocycles. The average molecular weight is 893 g/mol. The fraction of sp³-hybridized carbons (Fsp3) is 0.596. The Balaban J connectivity index is 1.34. The van der Waals surface area contributed by atoms with Crippen LogP contribution in [-0.4, -0.2) is 122 Å². The Morgan fingerprint density at radius 3 is 2.02 bits per heavy atom. The van der Waals surface area contributed by atoms with E-state index in [-0.39, 0.29) is 59.9 Å². The molecule has 4 rings (SSSR count). The number of likely N-dealkylation sites (N-methyl/N-ethyl adjacent to an activating group) is 1. The molecule has 6 amide bonds. The number of aliphatic hydroxyl groups excluding tert-OH is 1. The van der Waals surface area contributed by atoms with E-state index < -0.39 is 78.4 Å². The van der Waals surface area contributed by atoms with Crippen LogP contribution in [0.5, 0.6) is 11.5 Å². The summed E-state index contributed by atoms with van der Waals surface area (Å²) in [6.45, 7) is 4.35. The van der Waals surface area contributed by atoms with Crippen LogP contribution in [0.4, 0.5) is 0 Å². The Morgan fingerprint density at radius 1 is 0.828 bits per heavy atom. The lowest BCUT2D eigenvalue weighted by molar-refractivity contribution is -0.143. The molecule has 1 unspecified atom stereocenters. The number of nitrogens with one attached hydrogen (secondary N) is 4. The molecule has 4 bridgehead atoms. The van der Waals surface area contributed by atoms with E-state index in [2.05, 4.69) is 28.2 Å². The van der Waals surface area contributed by atoms with Crippen molar-refractivity contribution in [3.05, 3.63) is 47.5 Å². The number of carbonyl (C=O) groups excluding carboxylic acids is 6. The molecule has 0 aromatic heterocycles. The SMILES string of the molecule is CCCCCCCCCCCCCCCC(=O)N1C[C@H](O)CC1C(=O)N[C@H](C)C(=O)NCC(=O)N(C)[C@@H]1C(=O)N[C@@H](C)C(=O)N[C@H](C(=O)O)Cc2ccc(O)c(c2)-c2cc1ccc2O. The van der Waals surface area contributed by atoms with Crippen molar-refractivity contribution < 1.29 is 54.0 Å². The minimum Gasteiger partial charge on any atom is -0.507 e. The Labute approximate surface area is 375 Å². The first kappa shape index (κ1) is 50.9. The van der Waals surface area contributed by atoms with Crippen molar-refractivity contribution in [2.24, 2.45) is 0 Å². The number of aromatic hydroxyl groups is 2. The zero-order chi connectivity index (χ0) is 46.9. The number of rotatable bonds is 21. The zero-order valence-electron chi connectivity index (χ0n) is 37.7. The molecule has 8 N–H and O–H groups in total. The smallest absolute Gasteiger partial charge is 0.326 e. The van der Waals surface area contributed by atoms with Gasteiger partial charge in [-0.05, 0) is 55.7 Å². The van der Waals surface area contributed by atoms with Crippen LogP contribution in [0.1, 0.15) is 134 Å². The third kappa shape index (κ3) is 14.7. The van der Waals surface area contributed by atoms with E-state index in [0.717, 1.165) is 24.2 Å². The number of unbranched alkanes of at least 4 members (excludes halogenated alkanes) is 12. The number of nitrogens with zero attached hydrogens (tertiary/aromatic N) is 2. The molecule has 2 heterocycles. The molecule has 0 spiro atoms. The van der Waals surface area contributed by atoms with Gasteiger partial charge in [-0.15, -0.1) is 0 Å². The van der Waals surface area contributed by atoms with Crippen molar-refractivity contribution in [3.63, 3.8) is 0 Å². The maximum Gasteiger partial charge on any atom is 0.326 e. The van der Waals surface area contributed by atoms with Gasteiger partial charge in [0.05, 0.1) is 12.6 Å². The van der Waals surface area contributed by atoms with Gasteiger partial charge in [0.25, 0.3) is 0 Å². The number of phenolic OH excluding ortho intramolecular Hbond substituents is 2. The summed E-state index contributed by atoms with van der Waals surface area (Å²) in [6, 6.07) is 2.02. The van der Waals surface area contributed by atoms with Gasteiger partial charge in [0.15, 0.2) is 0 Å². The predicted molar refractivity (Wildman–Crippen MR) is 239 cm³/mol. The fourth-order valence-corrected chi connectivity index (χ4v) is 8.24. The number of phenols is 2. The molecule has 0 aliphatic carbocycles. The van der Waals surface area contributed by atoms with Gasteiger partial charge >= 0.3 is 5.97 Å². The van der Waals surface area contributed by atoms with E-state index in [0.29, 0.717) is 12.0 Å². The number of aliphatic carboxylic acids is 1. The number of carbonyl (C=O) groups is 7. The van der Waals surface area contributed by atoms with Gasteiger partial charge in [-0.2, -0.15) is 0 Å². The van der Waals surface area contributed by atoms with E-state index in [1.807, 2.05) is 0 Å². The van der Waals surface area contributed by atoms with Crippen LogP contribution in [0.15, 0.2) is 36.4 Å². The van der Waals surface area contributed by atoms with Gasteiger partial charge in [0.1, 0.15) is 41.7 Å². The van der Waals surface area contributed by atoms with E-state index in [9.17, 15) is 54.0 Å². The molecular formula is C47H68N6O11. The van der Waals surface area contributed by atoms with Crippen molar-refractivity contribution in [1.29, 1.82) is 0 Å². The number of amides is 6. The highest BCUT2D eigenvalue weighted by Gasteiger charge is 2.39. The topological polar surface area (TPSA) is 255 Å². The standard InChI is InChI=1S/C47H68N6O11/c1-5-6-7-8-9-10-11-12-13-14-15-16-17-18-40(57)53-28-33(54)26-37(53)45(61)49-29(2)43(59)48-27-41(58)52(4)42-32-20-22-39(56)35(25-32)34-23-31(19-21-38(34)55)24-36(47(63)64)51-44(60)30(3)50-46(42)62/h19-23,25,29-30,33,36-37,42,54-56H,5-18,24,26-28H2,1-4H3,(H,48,59)(H,49,61)(H,50,62)(H,51,60)(H,63,64)/t29-,30+,33-,36+,37?,42+/m1/s1. The molecule has 2 aromatic carbocycles. The van der Waals surface area contributed by atoms with Crippen LogP contribution in [0.2, 0.25) is 0 Å².